The number of nitrogens with zero attached hydrogens (tertiary/aromatic N) is 3. The molecule has 1 unspecified atom stereocenters. The van der Waals surface area contributed by atoms with E-state index in [9.17, 15) is 9.59 Å². The Balaban J connectivity index is 1.47. The van der Waals surface area contributed by atoms with E-state index in [-0.39, 0.29) is 23.6 Å². The molecule has 1 N–H and O–H groups in total. The molecule has 1 aromatic heterocycles. The monoisotopic (exact) mass is 394 g/mol. The van der Waals surface area contributed by atoms with Crippen molar-refractivity contribution in [2.45, 2.75) is 37.6 Å². The number of rotatable bonds is 7. The van der Waals surface area contributed by atoms with Crippen LogP contribution < -0.4 is 5.32 Å². The van der Waals surface area contributed by atoms with Crippen molar-refractivity contribution in [3.05, 3.63) is 40.7 Å². The highest BCUT2D eigenvalue weighted by Crippen LogP contribution is 2.23. The molecule has 3 rings (SSSR count). The number of hydrogen-bond donors (Lipinski definition) is 1. The first kappa shape index (κ1) is 18.7. The van der Waals surface area contributed by atoms with Crippen molar-refractivity contribution in [2.75, 3.05) is 12.3 Å². The van der Waals surface area contributed by atoms with Crippen molar-refractivity contribution in [3.8, 4) is 0 Å². The molecule has 2 heterocycles. The van der Waals surface area contributed by atoms with Crippen LogP contribution in [0.2, 0.25) is 5.02 Å². The zero-order valence-corrected chi connectivity index (χ0v) is 15.8. The van der Waals surface area contributed by atoms with Crippen LogP contribution in [0.15, 0.2) is 33.9 Å². The molecule has 2 aromatic rings. The van der Waals surface area contributed by atoms with E-state index in [4.69, 9.17) is 16.0 Å². The summed E-state index contributed by atoms with van der Waals surface area (Å²) in [7, 11) is 0. The molecule has 2 amide bonds. The molecule has 7 nitrogen and oxygen atoms in total. The average Bonchev–Trinajstić information content (AvgIpc) is 3.23. The highest BCUT2D eigenvalue weighted by Gasteiger charge is 2.22. The minimum Gasteiger partial charge on any atom is -0.414 e. The maximum Gasteiger partial charge on any atom is 0.277 e. The summed E-state index contributed by atoms with van der Waals surface area (Å²) in [4.78, 5) is 25.4. The predicted octanol–water partition coefficient (Wildman–Crippen LogP) is 2.81. The quantitative estimate of drug-likeness (QED) is 0.726. The summed E-state index contributed by atoms with van der Waals surface area (Å²) in [6.07, 6.45) is 1.43. The maximum atomic E-state index is 12.1. The number of carbonyl (C=O) groups is 2. The fourth-order valence-corrected chi connectivity index (χ4v) is 3.60. The molecule has 26 heavy (non-hydrogen) atoms. The van der Waals surface area contributed by atoms with E-state index in [2.05, 4.69) is 15.5 Å². The molecule has 1 aliphatic heterocycles. The number of nitrogens with one attached hydrogen (secondary N) is 1. The van der Waals surface area contributed by atoms with Gasteiger partial charge in [0.1, 0.15) is 0 Å². The van der Waals surface area contributed by atoms with Crippen LogP contribution in [0.25, 0.3) is 0 Å². The molecule has 1 aliphatic rings. The van der Waals surface area contributed by atoms with Crippen LogP contribution >= 0.6 is 23.4 Å². The standard InChI is InChI=1S/C17H19ClN4O3S/c1-11(12-5-2-3-6-13(12)18)19-14(23)10-26-17-21-20-15(25-17)9-22-8-4-7-16(22)24/h2-3,5-6,11H,4,7-10H2,1H3,(H,19,23). The van der Waals surface area contributed by atoms with Crippen LogP contribution in [0.3, 0.4) is 0 Å². The molecule has 1 saturated heterocycles. The lowest BCUT2D eigenvalue weighted by Crippen LogP contribution is -2.28. The van der Waals surface area contributed by atoms with Gasteiger partial charge in [0.15, 0.2) is 0 Å². The Labute approximate surface area is 160 Å². The average molecular weight is 395 g/mol. The van der Waals surface area contributed by atoms with Crippen molar-refractivity contribution in [1.82, 2.24) is 20.4 Å². The lowest BCUT2D eigenvalue weighted by Gasteiger charge is -2.15. The number of amides is 2. The zero-order valence-electron chi connectivity index (χ0n) is 14.3. The minimum absolute atomic E-state index is 0.102. The summed E-state index contributed by atoms with van der Waals surface area (Å²) in [5, 5.41) is 11.7. The molecule has 0 radical (unpaired) electrons. The summed E-state index contributed by atoms with van der Waals surface area (Å²) in [5.41, 5.74) is 0.864. The third-order valence-corrected chi connectivity index (χ3v) is 5.18. The first-order chi connectivity index (χ1) is 12.5. The van der Waals surface area contributed by atoms with Gasteiger partial charge in [-0.05, 0) is 25.0 Å². The second-order valence-electron chi connectivity index (χ2n) is 5.98. The normalized spacial score (nSPS) is 15.3. The topological polar surface area (TPSA) is 88.3 Å². The van der Waals surface area contributed by atoms with Gasteiger partial charge in [-0.3, -0.25) is 9.59 Å². The van der Waals surface area contributed by atoms with Crippen molar-refractivity contribution < 1.29 is 14.0 Å². The first-order valence-electron chi connectivity index (χ1n) is 8.29. The van der Waals surface area contributed by atoms with Gasteiger partial charge < -0.3 is 14.6 Å². The van der Waals surface area contributed by atoms with E-state index in [0.717, 1.165) is 23.7 Å². The minimum atomic E-state index is -0.198. The molecule has 0 aliphatic carbocycles. The van der Waals surface area contributed by atoms with Crippen LogP contribution in [0.1, 0.15) is 37.3 Å². The largest absolute Gasteiger partial charge is 0.414 e. The van der Waals surface area contributed by atoms with Crippen LogP contribution in [0.4, 0.5) is 0 Å². The third-order valence-electron chi connectivity index (χ3n) is 4.02. The Kier molecular flexibility index (Phi) is 6.16. The van der Waals surface area contributed by atoms with Gasteiger partial charge in [-0.2, -0.15) is 0 Å². The van der Waals surface area contributed by atoms with E-state index in [1.165, 1.54) is 0 Å². The van der Waals surface area contributed by atoms with Crippen molar-refractivity contribution in [1.29, 1.82) is 0 Å². The van der Waals surface area contributed by atoms with Gasteiger partial charge in [0, 0.05) is 18.0 Å². The van der Waals surface area contributed by atoms with E-state index in [0.29, 0.717) is 35.6 Å². The fraction of sp³-hybridized carbons (Fsp3) is 0.412. The Bertz CT molecular complexity index is 798. The Morgan fingerprint density at radius 2 is 2.23 bits per heavy atom. The first-order valence-corrected chi connectivity index (χ1v) is 9.66. The smallest absolute Gasteiger partial charge is 0.277 e. The molecule has 1 atom stereocenters. The molecule has 1 aromatic carbocycles. The van der Waals surface area contributed by atoms with Gasteiger partial charge in [-0.25, -0.2) is 0 Å². The zero-order chi connectivity index (χ0) is 18.5. The van der Waals surface area contributed by atoms with Gasteiger partial charge in [-0.15, -0.1) is 10.2 Å². The summed E-state index contributed by atoms with van der Waals surface area (Å²) in [5.74, 6) is 0.480. The molecule has 1 fully saturated rings. The van der Waals surface area contributed by atoms with Crippen LogP contribution in [0.5, 0.6) is 0 Å². The van der Waals surface area contributed by atoms with E-state index in [1.807, 2.05) is 25.1 Å². The lowest BCUT2D eigenvalue weighted by atomic mass is 10.1. The second kappa shape index (κ2) is 8.55. The molecule has 138 valence electrons. The lowest BCUT2D eigenvalue weighted by molar-refractivity contribution is -0.128. The number of hydrogen-bond acceptors (Lipinski definition) is 6. The van der Waals surface area contributed by atoms with Gasteiger partial charge in [-0.1, -0.05) is 41.6 Å². The number of carbonyl (C=O) groups excluding carboxylic acids is 2. The maximum absolute atomic E-state index is 12.1. The van der Waals surface area contributed by atoms with Crippen LogP contribution in [0, 0.1) is 0 Å². The Morgan fingerprint density at radius 1 is 1.42 bits per heavy atom. The number of thioether (sulfide) groups is 1. The van der Waals surface area contributed by atoms with Crippen molar-refractivity contribution in [3.63, 3.8) is 0 Å². The van der Waals surface area contributed by atoms with Crippen molar-refractivity contribution >= 4 is 35.2 Å². The summed E-state index contributed by atoms with van der Waals surface area (Å²) in [6, 6.07) is 7.20. The van der Waals surface area contributed by atoms with Gasteiger partial charge >= 0.3 is 0 Å². The fourth-order valence-electron chi connectivity index (χ4n) is 2.71. The van der Waals surface area contributed by atoms with Gasteiger partial charge in [0.05, 0.1) is 18.3 Å². The molecular formula is C17H19ClN4O3S. The van der Waals surface area contributed by atoms with Crippen LogP contribution in [-0.4, -0.2) is 39.2 Å². The number of halogens is 1. The van der Waals surface area contributed by atoms with E-state index >= 15 is 0 Å². The molecule has 0 spiro atoms. The third kappa shape index (κ3) is 4.76. The van der Waals surface area contributed by atoms with Crippen LogP contribution in [-0.2, 0) is 16.1 Å². The number of aromatic nitrogens is 2. The Morgan fingerprint density at radius 3 is 2.96 bits per heavy atom. The Hall–Kier alpha value is -2.06. The van der Waals surface area contributed by atoms with Gasteiger partial charge in [0.25, 0.3) is 5.22 Å². The summed E-state index contributed by atoms with van der Waals surface area (Å²) in [6.45, 7) is 2.91. The summed E-state index contributed by atoms with van der Waals surface area (Å²) >= 11 is 7.30. The molecule has 0 bridgehead atoms. The highest BCUT2D eigenvalue weighted by molar-refractivity contribution is 7.99. The van der Waals surface area contributed by atoms with E-state index in [1.54, 1.807) is 11.0 Å². The van der Waals surface area contributed by atoms with E-state index < -0.39 is 0 Å². The molecule has 0 saturated carbocycles. The summed E-state index contributed by atoms with van der Waals surface area (Å²) < 4.78 is 5.50. The SMILES string of the molecule is CC(NC(=O)CSc1nnc(CN2CCCC2=O)o1)c1ccccc1Cl. The molecular weight excluding hydrogens is 376 g/mol. The predicted molar refractivity (Wildman–Crippen MR) is 97.7 cm³/mol. The second-order valence-corrected chi connectivity index (χ2v) is 7.31. The van der Waals surface area contributed by atoms with Gasteiger partial charge in [0.2, 0.25) is 17.7 Å². The van der Waals surface area contributed by atoms with Crippen molar-refractivity contribution in [2.24, 2.45) is 0 Å². The highest BCUT2D eigenvalue weighted by atomic mass is 35.5. The number of benzene rings is 1. The number of likely N-dealkylation sites (tertiary alicyclic amines) is 1. The molecule has 9 heteroatoms.